The van der Waals surface area contributed by atoms with Crippen LogP contribution in [0.25, 0.3) is 17.0 Å². The third kappa shape index (κ3) is 3.48. The highest BCUT2D eigenvalue weighted by atomic mass is 32.1. The first kappa shape index (κ1) is 17.4. The molecule has 1 aliphatic rings. The summed E-state index contributed by atoms with van der Waals surface area (Å²) >= 11 is 1.30. The van der Waals surface area contributed by atoms with Crippen LogP contribution in [0.3, 0.4) is 0 Å². The van der Waals surface area contributed by atoms with Gasteiger partial charge in [-0.25, -0.2) is 4.98 Å². The number of hydrogen-bond acceptors (Lipinski definition) is 7. The van der Waals surface area contributed by atoms with Crippen molar-refractivity contribution in [2.75, 3.05) is 5.32 Å². The number of nitrogens with two attached hydrogens (primary N) is 1. The van der Waals surface area contributed by atoms with Crippen LogP contribution in [0.2, 0.25) is 0 Å². The van der Waals surface area contributed by atoms with Crippen LogP contribution < -0.4 is 11.1 Å². The van der Waals surface area contributed by atoms with Gasteiger partial charge in [0.25, 0.3) is 5.91 Å². The van der Waals surface area contributed by atoms with Crippen molar-refractivity contribution in [3.8, 4) is 11.5 Å². The molecule has 3 N–H and O–H groups in total. The number of carbonyl (C=O) groups is 1. The summed E-state index contributed by atoms with van der Waals surface area (Å²) in [5.41, 5.74) is 9.26. The summed E-state index contributed by atoms with van der Waals surface area (Å²) in [5.74, 6) is -0.0103. The summed E-state index contributed by atoms with van der Waals surface area (Å²) in [6.07, 6.45) is 4.45. The molecule has 0 atom stereocenters. The second kappa shape index (κ2) is 6.31. The van der Waals surface area contributed by atoms with Gasteiger partial charge in [0, 0.05) is 16.7 Å². The van der Waals surface area contributed by atoms with Gasteiger partial charge in [0.15, 0.2) is 0 Å². The molecule has 1 amide bonds. The molecule has 0 fully saturated rings. The molecule has 7 nitrogen and oxygen atoms in total. The Morgan fingerprint density at radius 2 is 2.11 bits per heavy atom. The summed E-state index contributed by atoms with van der Waals surface area (Å²) < 4.78 is 5.76. The number of rotatable bonds is 4. The summed E-state index contributed by atoms with van der Waals surface area (Å²) in [7, 11) is 0. The number of allylic oxidation sites excluding steroid dienone is 1. The smallest absolute Gasteiger partial charge is 0.316 e. The number of amides is 1. The number of thiazole rings is 1. The molecule has 0 spiro atoms. The van der Waals surface area contributed by atoms with Gasteiger partial charge in [0.1, 0.15) is 9.88 Å². The van der Waals surface area contributed by atoms with E-state index in [9.17, 15) is 4.79 Å². The number of nitrogens with one attached hydrogen (secondary N) is 1. The van der Waals surface area contributed by atoms with Gasteiger partial charge in [-0.2, -0.15) is 0 Å². The number of benzene rings is 1. The molecule has 138 valence electrons. The molecule has 0 bridgehead atoms. The van der Waals surface area contributed by atoms with Crippen molar-refractivity contribution in [1.29, 1.82) is 0 Å². The molecule has 1 aliphatic carbocycles. The minimum absolute atomic E-state index is 0.166. The van der Waals surface area contributed by atoms with Crippen molar-refractivity contribution in [2.45, 2.75) is 32.7 Å². The van der Waals surface area contributed by atoms with Crippen LogP contribution >= 0.6 is 11.3 Å². The third-order valence-electron chi connectivity index (χ3n) is 4.06. The molecule has 2 aromatic heterocycles. The zero-order valence-corrected chi connectivity index (χ0v) is 16.1. The monoisotopic (exact) mass is 381 g/mol. The highest BCUT2D eigenvalue weighted by Gasteiger charge is 2.21. The van der Waals surface area contributed by atoms with Crippen LogP contribution in [-0.2, 0) is 6.42 Å². The molecule has 1 aromatic carbocycles. The van der Waals surface area contributed by atoms with Gasteiger partial charge < -0.3 is 15.5 Å². The van der Waals surface area contributed by atoms with Crippen molar-refractivity contribution in [1.82, 2.24) is 15.2 Å². The average molecular weight is 381 g/mol. The van der Waals surface area contributed by atoms with Crippen LogP contribution in [0.4, 0.5) is 6.01 Å². The van der Waals surface area contributed by atoms with E-state index in [0.29, 0.717) is 16.8 Å². The summed E-state index contributed by atoms with van der Waals surface area (Å²) in [4.78, 5) is 16.2. The molecular formula is C19H19N5O2S. The van der Waals surface area contributed by atoms with E-state index in [-0.39, 0.29) is 5.54 Å². The van der Waals surface area contributed by atoms with Gasteiger partial charge in [-0.05, 0) is 50.5 Å². The van der Waals surface area contributed by atoms with Crippen molar-refractivity contribution in [2.24, 2.45) is 5.73 Å². The molecule has 0 radical (unpaired) electrons. The molecule has 2 heterocycles. The minimum Gasteiger partial charge on any atom is -0.403 e. The Kier molecular flexibility index (Phi) is 4.07. The lowest BCUT2D eigenvalue weighted by Gasteiger charge is -2.17. The zero-order valence-electron chi connectivity index (χ0n) is 15.2. The number of hydrogen-bond donors (Lipinski definition) is 2. The number of fused-ring (bicyclic) bond motifs is 1. The van der Waals surface area contributed by atoms with Crippen molar-refractivity contribution in [3.63, 3.8) is 0 Å². The van der Waals surface area contributed by atoms with E-state index in [0.717, 1.165) is 28.1 Å². The molecule has 0 aliphatic heterocycles. The Labute approximate surface area is 160 Å². The maximum Gasteiger partial charge on any atom is 0.316 e. The van der Waals surface area contributed by atoms with Gasteiger partial charge in [0.2, 0.25) is 5.89 Å². The third-order valence-corrected chi connectivity index (χ3v) is 5.10. The first-order chi connectivity index (χ1) is 12.8. The van der Waals surface area contributed by atoms with Crippen LogP contribution in [0, 0.1) is 0 Å². The van der Waals surface area contributed by atoms with Crippen molar-refractivity contribution >= 4 is 28.8 Å². The van der Waals surface area contributed by atoms with Gasteiger partial charge in [-0.1, -0.05) is 17.2 Å². The van der Waals surface area contributed by atoms with E-state index in [1.165, 1.54) is 23.1 Å². The fourth-order valence-electron chi connectivity index (χ4n) is 2.89. The van der Waals surface area contributed by atoms with E-state index < -0.39 is 5.91 Å². The minimum atomic E-state index is -0.462. The topological polar surface area (TPSA) is 107 Å². The first-order valence-corrected chi connectivity index (χ1v) is 9.33. The van der Waals surface area contributed by atoms with Gasteiger partial charge in [-0.3, -0.25) is 4.79 Å². The second-order valence-corrected chi connectivity index (χ2v) is 8.41. The van der Waals surface area contributed by atoms with Crippen LogP contribution in [0.5, 0.6) is 0 Å². The van der Waals surface area contributed by atoms with Crippen LogP contribution in [-0.4, -0.2) is 26.6 Å². The normalized spacial score (nSPS) is 13.4. The Morgan fingerprint density at radius 1 is 1.30 bits per heavy atom. The van der Waals surface area contributed by atoms with E-state index in [1.807, 2.05) is 32.9 Å². The van der Waals surface area contributed by atoms with Crippen molar-refractivity contribution < 1.29 is 9.21 Å². The lowest BCUT2D eigenvalue weighted by molar-refractivity contribution is 0.100. The zero-order chi connectivity index (χ0) is 19.2. The molecule has 4 rings (SSSR count). The van der Waals surface area contributed by atoms with E-state index in [2.05, 4.69) is 32.6 Å². The number of nitrogens with zero attached hydrogens (tertiary/aromatic N) is 3. The van der Waals surface area contributed by atoms with E-state index in [1.54, 1.807) is 0 Å². The van der Waals surface area contributed by atoms with Gasteiger partial charge in [0.05, 0.1) is 6.20 Å². The summed E-state index contributed by atoms with van der Waals surface area (Å²) in [6.45, 7) is 6.08. The largest absolute Gasteiger partial charge is 0.403 e. The predicted molar refractivity (Wildman–Crippen MR) is 105 cm³/mol. The number of anilines is 1. The molecule has 3 aromatic rings. The molecule has 8 heteroatoms. The Bertz CT molecular complexity index is 1060. The highest BCUT2D eigenvalue weighted by Crippen LogP contribution is 2.37. The Morgan fingerprint density at radius 3 is 2.81 bits per heavy atom. The van der Waals surface area contributed by atoms with E-state index >= 15 is 0 Å². The van der Waals surface area contributed by atoms with Gasteiger partial charge >= 0.3 is 6.01 Å². The standard InChI is InChI=1S/C19H19N5O2S/c1-19(2,3)22-18-24-23-16(26-18)11-5-4-10-6-7-12(13(10)8-11)17-21-9-14(27-17)15(20)25/h4-5,7-9H,6H2,1-3H3,(H2,20,25)(H,22,24). The molecule has 0 saturated heterocycles. The predicted octanol–water partition coefficient (Wildman–Crippen LogP) is 3.49. The maximum atomic E-state index is 11.4. The highest BCUT2D eigenvalue weighted by molar-refractivity contribution is 7.14. The second-order valence-electron chi connectivity index (χ2n) is 7.38. The van der Waals surface area contributed by atoms with Gasteiger partial charge in [-0.15, -0.1) is 16.4 Å². The average Bonchev–Trinajstić information content (AvgIpc) is 3.31. The SMILES string of the molecule is CC(C)(C)Nc1nnc(-c2ccc3c(c2)C(c2ncc(C(N)=O)s2)=CC3)o1. The molecular weight excluding hydrogens is 362 g/mol. The fourth-order valence-corrected chi connectivity index (χ4v) is 3.71. The lowest BCUT2D eigenvalue weighted by atomic mass is 10.0. The fraction of sp³-hybridized carbons (Fsp3) is 0.263. The lowest BCUT2D eigenvalue weighted by Crippen LogP contribution is -2.26. The Hall–Kier alpha value is -3.00. The summed E-state index contributed by atoms with van der Waals surface area (Å²) in [6, 6.07) is 6.44. The maximum absolute atomic E-state index is 11.4. The molecule has 27 heavy (non-hydrogen) atoms. The van der Waals surface area contributed by atoms with Crippen molar-refractivity contribution in [3.05, 3.63) is 51.5 Å². The molecule has 0 unspecified atom stereocenters. The number of aromatic nitrogens is 3. The summed E-state index contributed by atoms with van der Waals surface area (Å²) in [5, 5.41) is 12.2. The Balaban J connectivity index is 1.66. The molecule has 0 saturated carbocycles. The first-order valence-electron chi connectivity index (χ1n) is 8.52. The quantitative estimate of drug-likeness (QED) is 0.716. The number of carbonyl (C=O) groups excluding carboxylic acids is 1. The number of primary amides is 1. The van der Waals surface area contributed by atoms with Crippen LogP contribution in [0.1, 0.15) is 46.6 Å². The van der Waals surface area contributed by atoms with Crippen LogP contribution in [0.15, 0.2) is 34.9 Å². The van der Waals surface area contributed by atoms with E-state index in [4.69, 9.17) is 10.2 Å².